The molecule has 1 atom stereocenters. The Kier molecular flexibility index (Phi) is 5.65. The number of hydrogen-bond acceptors (Lipinski definition) is 2. The first-order chi connectivity index (χ1) is 8.59. The van der Waals surface area contributed by atoms with Gasteiger partial charge in [-0.25, -0.2) is 0 Å². The zero-order chi connectivity index (χ0) is 13.6. The Morgan fingerprint density at radius 1 is 1.39 bits per heavy atom. The minimum Gasteiger partial charge on any atom is -0.352 e. The van der Waals surface area contributed by atoms with E-state index in [1.807, 2.05) is 13.8 Å². The lowest BCUT2D eigenvalue weighted by molar-refractivity contribution is -0.130. The summed E-state index contributed by atoms with van der Waals surface area (Å²) in [6.45, 7) is 6.14. The number of carbonyl (C=O) groups excluding carboxylic acids is 1. The van der Waals surface area contributed by atoms with E-state index >= 15 is 0 Å². The number of rotatable bonds is 7. The van der Waals surface area contributed by atoms with Crippen molar-refractivity contribution in [1.29, 1.82) is 5.26 Å². The van der Waals surface area contributed by atoms with Crippen LogP contribution in [0.3, 0.4) is 0 Å². The number of nitriles is 1. The van der Waals surface area contributed by atoms with Gasteiger partial charge >= 0.3 is 0 Å². The minimum absolute atomic E-state index is 0.0481. The fourth-order valence-electron chi connectivity index (χ4n) is 2.77. The molecule has 0 heterocycles. The van der Waals surface area contributed by atoms with Crippen molar-refractivity contribution in [2.45, 2.75) is 71.8 Å². The van der Waals surface area contributed by atoms with Crippen LogP contribution in [0.25, 0.3) is 0 Å². The van der Waals surface area contributed by atoms with E-state index in [0.717, 1.165) is 12.8 Å². The van der Waals surface area contributed by atoms with Crippen LogP contribution in [0.4, 0.5) is 0 Å². The molecule has 1 aliphatic carbocycles. The minimum atomic E-state index is -0.804. The SMILES string of the molecule is CCCC(C#N)(CCC)C(=O)NC(C)C1CCC1. The maximum atomic E-state index is 12.4. The lowest BCUT2D eigenvalue weighted by atomic mass is 9.77. The van der Waals surface area contributed by atoms with Gasteiger partial charge in [-0.05, 0) is 38.5 Å². The maximum Gasteiger partial charge on any atom is 0.240 e. The number of carbonyl (C=O) groups is 1. The Hall–Kier alpha value is -1.04. The average molecular weight is 250 g/mol. The molecule has 0 aliphatic heterocycles. The quantitative estimate of drug-likeness (QED) is 0.753. The van der Waals surface area contributed by atoms with Crippen LogP contribution in [0, 0.1) is 22.7 Å². The molecule has 3 heteroatoms. The highest BCUT2D eigenvalue weighted by Crippen LogP contribution is 2.32. The molecule has 1 fully saturated rings. The molecular weight excluding hydrogens is 224 g/mol. The molecule has 18 heavy (non-hydrogen) atoms. The van der Waals surface area contributed by atoms with Crippen molar-refractivity contribution in [3.63, 3.8) is 0 Å². The van der Waals surface area contributed by atoms with E-state index in [-0.39, 0.29) is 11.9 Å². The van der Waals surface area contributed by atoms with E-state index in [9.17, 15) is 10.1 Å². The van der Waals surface area contributed by atoms with Crippen LogP contribution < -0.4 is 5.32 Å². The summed E-state index contributed by atoms with van der Waals surface area (Å²) >= 11 is 0. The first kappa shape index (κ1) is 15.0. The van der Waals surface area contributed by atoms with E-state index < -0.39 is 5.41 Å². The molecule has 102 valence electrons. The van der Waals surface area contributed by atoms with E-state index in [0.29, 0.717) is 18.8 Å². The van der Waals surface area contributed by atoms with Crippen LogP contribution in [0.5, 0.6) is 0 Å². The van der Waals surface area contributed by atoms with E-state index in [1.165, 1.54) is 19.3 Å². The second kappa shape index (κ2) is 6.78. The average Bonchev–Trinajstić information content (AvgIpc) is 2.25. The first-order valence-corrected chi connectivity index (χ1v) is 7.31. The number of hydrogen-bond donors (Lipinski definition) is 1. The summed E-state index contributed by atoms with van der Waals surface area (Å²) in [5.74, 6) is 0.571. The molecule has 0 aromatic carbocycles. The van der Waals surface area contributed by atoms with Crippen molar-refractivity contribution in [3.8, 4) is 6.07 Å². The first-order valence-electron chi connectivity index (χ1n) is 7.31. The van der Waals surface area contributed by atoms with Crippen molar-refractivity contribution >= 4 is 5.91 Å². The van der Waals surface area contributed by atoms with Gasteiger partial charge in [0, 0.05) is 6.04 Å². The third-order valence-corrected chi connectivity index (χ3v) is 4.22. The van der Waals surface area contributed by atoms with Gasteiger partial charge in [0.1, 0.15) is 5.41 Å². The summed E-state index contributed by atoms with van der Waals surface area (Å²) < 4.78 is 0. The Balaban J connectivity index is 2.65. The molecule has 1 N–H and O–H groups in total. The Morgan fingerprint density at radius 3 is 2.28 bits per heavy atom. The summed E-state index contributed by atoms with van der Waals surface area (Å²) in [5, 5.41) is 12.5. The second-order valence-corrected chi connectivity index (χ2v) is 5.65. The van der Waals surface area contributed by atoms with E-state index in [4.69, 9.17) is 0 Å². The molecule has 1 saturated carbocycles. The van der Waals surface area contributed by atoms with Gasteiger partial charge in [-0.2, -0.15) is 5.26 Å². The standard InChI is InChI=1S/C15H26N2O/c1-4-9-15(11-16,10-5-2)14(18)17-12(3)13-7-6-8-13/h12-13H,4-10H2,1-3H3,(H,17,18). The Morgan fingerprint density at radius 2 is 1.94 bits per heavy atom. The zero-order valence-electron chi connectivity index (χ0n) is 12.0. The summed E-state index contributed by atoms with van der Waals surface area (Å²) in [5.41, 5.74) is -0.804. The van der Waals surface area contributed by atoms with Crippen molar-refractivity contribution < 1.29 is 4.79 Å². The number of amides is 1. The topological polar surface area (TPSA) is 52.9 Å². The molecule has 1 aliphatic rings. The van der Waals surface area contributed by atoms with Crippen molar-refractivity contribution in [1.82, 2.24) is 5.32 Å². The largest absolute Gasteiger partial charge is 0.352 e. The van der Waals surface area contributed by atoms with Gasteiger partial charge in [0.25, 0.3) is 0 Å². The van der Waals surface area contributed by atoms with Gasteiger partial charge in [-0.1, -0.05) is 33.1 Å². The molecular formula is C15H26N2O. The monoisotopic (exact) mass is 250 g/mol. The molecule has 1 amide bonds. The zero-order valence-corrected chi connectivity index (χ0v) is 12.0. The normalized spacial score (nSPS) is 17.7. The predicted molar refractivity (Wildman–Crippen MR) is 72.8 cm³/mol. The maximum absolute atomic E-state index is 12.4. The van der Waals surface area contributed by atoms with Gasteiger partial charge < -0.3 is 5.32 Å². The third kappa shape index (κ3) is 3.25. The van der Waals surface area contributed by atoms with Crippen LogP contribution in [0.1, 0.15) is 65.7 Å². The fourth-order valence-corrected chi connectivity index (χ4v) is 2.77. The van der Waals surface area contributed by atoms with Crippen LogP contribution in [0.2, 0.25) is 0 Å². The van der Waals surface area contributed by atoms with Gasteiger partial charge in [0.2, 0.25) is 5.91 Å². The van der Waals surface area contributed by atoms with Crippen LogP contribution >= 0.6 is 0 Å². The molecule has 0 saturated heterocycles. The summed E-state index contributed by atoms with van der Waals surface area (Å²) in [7, 11) is 0. The Bertz CT molecular complexity index is 309. The van der Waals surface area contributed by atoms with E-state index in [1.54, 1.807) is 0 Å². The molecule has 0 radical (unpaired) electrons. The molecule has 0 spiro atoms. The second-order valence-electron chi connectivity index (χ2n) is 5.65. The van der Waals surface area contributed by atoms with Crippen molar-refractivity contribution in [2.75, 3.05) is 0 Å². The molecule has 0 aromatic heterocycles. The van der Waals surface area contributed by atoms with Crippen LogP contribution in [-0.2, 0) is 4.79 Å². The highest BCUT2D eigenvalue weighted by atomic mass is 16.2. The Labute approximate surface area is 111 Å². The predicted octanol–water partition coefficient (Wildman–Crippen LogP) is 3.40. The smallest absolute Gasteiger partial charge is 0.240 e. The van der Waals surface area contributed by atoms with Crippen LogP contribution in [0.15, 0.2) is 0 Å². The molecule has 0 bridgehead atoms. The molecule has 3 nitrogen and oxygen atoms in total. The summed E-state index contributed by atoms with van der Waals surface area (Å²) in [4.78, 5) is 12.4. The van der Waals surface area contributed by atoms with E-state index in [2.05, 4.69) is 18.3 Å². The van der Waals surface area contributed by atoms with Crippen molar-refractivity contribution in [2.24, 2.45) is 11.3 Å². The number of nitrogens with zero attached hydrogens (tertiary/aromatic N) is 1. The lowest BCUT2D eigenvalue weighted by Crippen LogP contribution is -2.47. The highest BCUT2D eigenvalue weighted by molar-refractivity contribution is 5.85. The number of nitrogens with one attached hydrogen (secondary N) is 1. The van der Waals surface area contributed by atoms with Gasteiger partial charge in [0.05, 0.1) is 6.07 Å². The van der Waals surface area contributed by atoms with Gasteiger partial charge in [-0.3, -0.25) is 4.79 Å². The molecule has 0 aromatic rings. The molecule has 1 unspecified atom stereocenters. The van der Waals surface area contributed by atoms with Gasteiger partial charge in [0.15, 0.2) is 0 Å². The lowest BCUT2D eigenvalue weighted by Gasteiger charge is -2.34. The van der Waals surface area contributed by atoms with Crippen LogP contribution in [-0.4, -0.2) is 11.9 Å². The fraction of sp³-hybridized carbons (Fsp3) is 0.867. The highest BCUT2D eigenvalue weighted by Gasteiger charge is 2.38. The van der Waals surface area contributed by atoms with Gasteiger partial charge in [-0.15, -0.1) is 0 Å². The van der Waals surface area contributed by atoms with Crippen molar-refractivity contribution in [3.05, 3.63) is 0 Å². The summed E-state index contributed by atoms with van der Waals surface area (Å²) in [6, 6.07) is 2.50. The summed E-state index contributed by atoms with van der Waals surface area (Å²) in [6.07, 6.45) is 6.78. The molecule has 1 rings (SSSR count). The third-order valence-electron chi connectivity index (χ3n) is 4.22.